The lowest BCUT2D eigenvalue weighted by atomic mass is 9.83. The number of nitrogens with zero attached hydrogens (tertiary/aromatic N) is 6. The lowest BCUT2D eigenvalue weighted by molar-refractivity contribution is -0.123. The largest absolute Gasteiger partial charge is 0.416 e. The van der Waals surface area contributed by atoms with Crippen molar-refractivity contribution >= 4 is 51.2 Å². The Bertz CT molecular complexity index is 1680. The van der Waals surface area contributed by atoms with E-state index in [4.69, 9.17) is 9.41 Å². The Balaban J connectivity index is 1.67. The van der Waals surface area contributed by atoms with E-state index >= 15 is 0 Å². The number of hydrogen-bond acceptors (Lipinski definition) is 9. The summed E-state index contributed by atoms with van der Waals surface area (Å²) in [5.41, 5.74) is 5.18. The maximum absolute atomic E-state index is 11.9. The van der Waals surface area contributed by atoms with Crippen LogP contribution in [0.5, 0.6) is 0 Å². The predicted molar refractivity (Wildman–Crippen MR) is 183 cm³/mol. The van der Waals surface area contributed by atoms with E-state index in [1.165, 1.54) is 18.4 Å². The molecule has 2 aromatic heterocycles. The summed E-state index contributed by atoms with van der Waals surface area (Å²) in [7, 11) is 2.81. The number of nitrogens with one attached hydrogen (secondary N) is 1. The zero-order valence-electron chi connectivity index (χ0n) is 27.6. The lowest BCUT2D eigenvalue weighted by Gasteiger charge is -2.39. The van der Waals surface area contributed by atoms with Gasteiger partial charge in [0.25, 0.3) is 0 Å². The SMILES string of the molecule is Cc1nc(/C=C/C(=O)N(C)C)ccc1Nc1nccc(-c2cc(C#N)c3c(c2)[C@@](C)(CO[Si](C)(C)C(C)(C)C)CN3[B]C=O)n1. The van der Waals surface area contributed by atoms with Crippen molar-refractivity contribution in [1.82, 2.24) is 19.9 Å². The molecule has 233 valence electrons. The number of aromatic nitrogens is 3. The smallest absolute Gasteiger partial charge is 0.329 e. The predicted octanol–water partition coefficient (Wildman–Crippen LogP) is 5.47. The summed E-state index contributed by atoms with van der Waals surface area (Å²) in [4.78, 5) is 40.6. The molecule has 3 aromatic rings. The summed E-state index contributed by atoms with van der Waals surface area (Å²) in [6.45, 7) is 16.1. The fraction of sp³-hybridized carbons (Fsp3) is 0.394. The number of anilines is 3. The molecule has 4 rings (SSSR count). The fourth-order valence-electron chi connectivity index (χ4n) is 4.87. The number of carbonyl (C=O) groups is 2. The van der Waals surface area contributed by atoms with Gasteiger partial charge in [-0.15, -0.1) is 0 Å². The van der Waals surface area contributed by atoms with E-state index in [0.717, 1.165) is 34.4 Å². The van der Waals surface area contributed by atoms with Gasteiger partial charge in [-0.25, -0.2) is 9.97 Å². The summed E-state index contributed by atoms with van der Waals surface area (Å²) in [6.07, 6.45) is 5.58. The van der Waals surface area contributed by atoms with Crippen LogP contribution in [0, 0.1) is 18.3 Å². The number of benzene rings is 1. The van der Waals surface area contributed by atoms with Gasteiger partial charge in [0, 0.05) is 56.2 Å². The molecule has 45 heavy (non-hydrogen) atoms. The molecule has 1 radical (unpaired) electrons. The van der Waals surface area contributed by atoms with Gasteiger partial charge >= 0.3 is 7.41 Å². The van der Waals surface area contributed by atoms with Crippen molar-refractivity contribution in [2.24, 2.45) is 0 Å². The molecule has 1 atom stereocenters. The van der Waals surface area contributed by atoms with Crippen LogP contribution < -0.4 is 10.1 Å². The molecule has 0 unspecified atom stereocenters. The summed E-state index contributed by atoms with van der Waals surface area (Å²) in [6, 6.07) is 11.7. The highest BCUT2D eigenvalue weighted by Gasteiger charge is 2.44. The third-order valence-corrected chi connectivity index (χ3v) is 13.1. The number of pyridine rings is 1. The normalized spacial score (nSPS) is 16.3. The maximum Gasteiger partial charge on any atom is 0.329 e. The first-order chi connectivity index (χ1) is 21.1. The Hall–Kier alpha value is -4.34. The van der Waals surface area contributed by atoms with Crippen LogP contribution >= 0.6 is 0 Å². The topological polar surface area (TPSA) is 124 Å². The van der Waals surface area contributed by atoms with Crippen LogP contribution in [0.1, 0.15) is 50.2 Å². The lowest BCUT2D eigenvalue weighted by Crippen LogP contribution is -2.46. The molecule has 0 saturated heterocycles. The third kappa shape index (κ3) is 7.32. The van der Waals surface area contributed by atoms with Crippen molar-refractivity contribution in [1.29, 1.82) is 5.26 Å². The average Bonchev–Trinajstić information content (AvgIpc) is 3.27. The van der Waals surface area contributed by atoms with Gasteiger partial charge in [-0.1, -0.05) is 27.7 Å². The molecule has 0 aliphatic carbocycles. The summed E-state index contributed by atoms with van der Waals surface area (Å²) in [5.74, 6) is 0.258. The van der Waals surface area contributed by atoms with Gasteiger partial charge in [-0.3, -0.25) is 9.78 Å². The van der Waals surface area contributed by atoms with Gasteiger partial charge in [0.05, 0.1) is 28.3 Å². The van der Waals surface area contributed by atoms with Crippen LogP contribution in [0.3, 0.4) is 0 Å². The van der Waals surface area contributed by atoms with E-state index in [1.807, 2.05) is 29.9 Å². The number of aryl methyl sites for hydroxylation is 1. The average molecular weight is 623 g/mol. The van der Waals surface area contributed by atoms with Crippen molar-refractivity contribution in [3.63, 3.8) is 0 Å². The Kier molecular flexibility index (Phi) is 9.66. The van der Waals surface area contributed by atoms with E-state index in [1.54, 1.807) is 32.4 Å². The summed E-state index contributed by atoms with van der Waals surface area (Å²) >= 11 is 0. The zero-order valence-corrected chi connectivity index (χ0v) is 28.6. The first-order valence-electron chi connectivity index (χ1n) is 14.8. The van der Waals surface area contributed by atoms with Crippen molar-refractivity contribution in [3.8, 4) is 17.3 Å². The van der Waals surface area contributed by atoms with E-state index in [2.05, 4.69) is 68.2 Å². The van der Waals surface area contributed by atoms with Crippen LogP contribution in [0.2, 0.25) is 18.1 Å². The highest BCUT2D eigenvalue weighted by atomic mass is 28.4. The number of nitriles is 1. The zero-order chi connectivity index (χ0) is 33.2. The van der Waals surface area contributed by atoms with E-state index < -0.39 is 13.7 Å². The molecule has 0 saturated carbocycles. The number of rotatable bonds is 10. The van der Waals surface area contributed by atoms with Crippen LogP contribution in [0.4, 0.5) is 17.3 Å². The summed E-state index contributed by atoms with van der Waals surface area (Å²) in [5, 5.41) is 13.5. The van der Waals surface area contributed by atoms with Gasteiger partial charge in [-0.05, 0) is 67.0 Å². The third-order valence-electron chi connectivity index (χ3n) is 8.63. The van der Waals surface area contributed by atoms with Crippen LogP contribution in [0.25, 0.3) is 17.3 Å². The molecule has 0 fully saturated rings. The minimum absolute atomic E-state index is 0.0411. The molecule has 1 N–H and O–H groups in total. The molecular formula is C33H41BN7O3Si. The quantitative estimate of drug-likeness (QED) is 0.178. The second kappa shape index (κ2) is 12.9. The number of likely N-dealkylation sites (N-methyl/N-ethyl adjacent to an activating group) is 1. The molecule has 1 aliphatic heterocycles. The minimum Gasteiger partial charge on any atom is -0.416 e. The molecule has 0 bridgehead atoms. The van der Waals surface area contributed by atoms with Gasteiger partial charge in [0.15, 0.2) is 8.32 Å². The van der Waals surface area contributed by atoms with E-state index in [9.17, 15) is 14.9 Å². The number of carbonyl (C=O) groups excluding carboxylic acids is 2. The Morgan fingerprint density at radius 2 is 1.98 bits per heavy atom. The van der Waals surface area contributed by atoms with Crippen molar-refractivity contribution < 1.29 is 14.0 Å². The molecular weight excluding hydrogens is 581 g/mol. The number of fused-ring (bicyclic) bond motifs is 1. The highest BCUT2D eigenvalue weighted by Crippen LogP contribution is 2.46. The first-order valence-corrected chi connectivity index (χ1v) is 17.7. The second-order valence-electron chi connectivity index (χ2n) is 13.4. The Morgan fingerprint density at radius 3 is 2.60 bits per heavy atom. The van der Waals surface area contributed by atoms with E-state index in [-0.39, 0.29) is 10.9 Å². The molecule has 1 aliphatic rings. The molecule has 0 spiro atoms. The van der Waals surface area contributed by atoms with Crippen LogP contribution in [-0.2, 0) is 19.4 Å². The Labute approximate surface area is 267 Å². The van der Waals surface area contributed by atoms with Crippen LogP contribution in [0.15, 0.2) is 42.6 Å². The second-order valence-corrected chi connectivity index (χ2v) is 18.2. The maximum atomic E-state index is 11.9. The van der Waals surface area contributed by atoms with Crippen molar-refractivity contribution in [2.75, 3.05) is 37.4 Å². The summed E-state index contributed by atoms with van der Waals surface area (Å²) < 4.78 is 6.69. The van der Waals surface area contributed by atoms with Gasteiger partial charge in [0.1, 0.15) is 12.3 Å². The van der Waals surface area contributed by atoms with Gasteiger partial charge in [0.2, 0.25) is 11.9 Å². The molecule has 1 amide bonds. The van der Waals surface area contributed by atoms with Gasteiger partial charge in [-0.2, -0.15) is 5.26 Å². The van der Waals surface area contributed by atoms with Crippen LogP contribution in [-0.4, -0.2) is 74.9 Å². The first kappa shape index (κ1) is 33.6. The highest BCUT2D eigenvalue weighted by molar-refractivity contribution is 6.74. The Morgan fingerprint density at radius 1 is 1.24 bits per heavy atom. The van der Waals surface area contributed by atoms with Crippen molar-refractivity contribution in [3.05, 3.63) is 65.1 Å². The molecule has 12 heteroatoms. The van der Waals surface area contributed by atoms with Gasteiger partial charge < -0.3 is 24.2 Å². The molecule has 10 nitrogen and oxygen atoms in total. The molecule has 3 heterocycles. The fourth-order valence-corrected chi connectivity index (χ4v) is 5.98. The monoisotopic (exact) mass is 622 g/mol. The number of amides is 1. The van der Waals surface area contributed by atoms with Crippen molar-refractivity contribution in [2.45, 2.75) is 58.2 Å². The molecule has 1 aromatic carbocycles. The van der Waals surface area contributed by atoms with E-state index in [0.29, 0.717) is 36.1 Å². The number of hydrogen-bond donors (Lipinski definition) is 1. The minimum atomic E-state index is -2.07. The standard InChI is InChI=1S/C33H41BN7O3Si/c1-22-27(12-10-25(37-22)11-13-29(43)40(6)7)38-31-36-15-14-28(39-31)23-16-24(18-35)30-26(17-23)33(5,19-41(30)34-21-42)20-44-45(8,9)32(2,3)4/h10-17,21H,19-20H2,1-9H3,(H,36,38,39)/b13-11+/t33-/m1/s1.